The van der Waals surface area contributed by atoms with Crippen LogP contribution in [-0.4, -0.2) is 29.0 Å². The molecule has 1 aromatic heterocycles. The van der Waals surface area contributed by atoms with E-state index in [1.54, 1.807) is 0 Å². The first-order valence-corrected chi connectivity index (χ1v) is 5.59. The molecule has 0 aromatic carbocycles. The number of rotatable bonds is 5. The second-order valence-corrected chi connectivity index (χ2v) is 3.83. The molecule has 0 saturated carbocycles. The van der Waals surface area contributed by atoms with Crippen LogP contribution >= 0.6 is 11.6 Å². The molecule has 0 radical (unpaired) electrons. The Bertz CT molecular complexity index is 400. The van der Waals surface area contributed by atoms with Gasteiger partial charge in [-0.15, -0.1) is 0 Å². The number of hydrogen-bond donors (Lipinski definition) is 2. The third kappa shape index (κ3) is 4.16. The molecule has 1 rings (SSSR count). The van der Waals surface area contributed by atoms with Crippen LogP contribution in [0.1, 0.15) is 19.8 Å². The molecular formula is C10H15ClN4O2. The summed E-state index contributed by atoms with van der Waals surface area (Å²) in [6, 6.07) is 0.872. The van der Waals surface area contributed by atoms with Gasteiger partial charge in [-0.25, -0.2) is 4.98 Å². The Morgan fingerprint density at radius 2 is 2.35 bits per heavy atom. The van der Waals surface area contributed by atoms with Gasteiger partial charge < -0.3 is 10.5 Å². The molecule has 0 saturated heterocycles. The van der Waals surface area contributed by atoms with Gasteiger partial charge in [0.25, 0.3) is 0 Å². The summed E-state index contributed by atoms with van der Waals surface area (Å²) >= 11 is 5.74. The maximum atomic E-state index is 11.6. The summed E-state index contributed by atoms with van der Waals surface area (Å²) in [4.78, 5) is 19.4. The number of anilines is 1. The van der Waals surface area contributed by atoms with Gasteiger partial charge in [-0.3, -0.25) is 10.1 Å². The average molecular weight is 259 g/mol. The number of methoxy groups -OCH3 is 1. The molecule has 0 spiro atoms. The number of halogens is 1. The molecule has 7 heteroatoms. The molecule has 0 aliphatic heterocycles. The summed E-state index contributed by atoms with van der Waals surface area (Å²) in [5.74, 6) is 0.0337. The largest absolute Gasteiger partial charge is 0.481 e. The highest BCUT2D eigenvalue weighted by molar-refractivity contribution is 6.29. The van der Waals surface area contributed by atoms with Crippen LogP contribution in [0.5, 0.6) is 5.88 Å². The van der Waals surface area contributed by atoms with Crippen molar-refractivity contribution in [1.29, 1.82) is 0 Å². The standard InChI is InChI=1S/C10H15ClN4O2/c1-3-4-6(12)9(16)15-10-13-7(11)5-8(14-10)17-2/h5-6H,3-4,12H2,1-2H3,(H,13,14,15,16). The highest BCUT2D eigenvalue weighted by Crippen LogP contribution is 2.15. The van der Waals surface area contributed by atoms with Crippen molar-refractivity contribution in [2.45, 2.75) is 25.8 Å². The number of ether oxygens (including phenoxy) is 1. The predicted molar refractivity (Wildman–Crippen MR) is 65.1 cm³/mol. The Labute approximate surface area is 105 Å². The monoisotopic (exact) mass is 258 g/mol. The number of carbonyl (C=O) groups excluding carboxylic acids is 1. The van der Waals surface area contributed by atoms with Crippen LogP contribution in [-0.2, 0) is 4.79 Å². The quantitative estimate of drug-likeness (QED) is 0.775. The molecule has 1 amide bonds. The summed E-state index contributed by atoms with van der Waals surface area (Å²) in [7, 11) is 1.45. The van der Waals surface area contributed by atoms with Crippen LogP contribution in [0.25, 0.3) is 0 Å². The van der Waals surface area contributed by atoms with Crippen LogP contribution in [0.4, 0.5) is 5.95 Å². The normalized spacial score (nSPS) is 12.0. The molecule has 3 N–H and O–H groups in total. The minimum Gasteiger partial charge on any atom is -0.481 e. The Morgan fingerprint density at radius 1 is 1.65 bits per heavy atom. The molecule has 1 unspecified atom stereocenters. The Hall–Kier alpha value is -1.40. The molecule has 1 atom stereocenters. The lowest BCUT2D eigenvalue weighted by molar-refractivity contribution is -0.117. The van der Waals surface area contributed by atoms with Crippen molar-refractivity contribution >= 4 is 23.5 Å². The molecule has 0 fully saturated rings. The molecule has 94 valence electrons. The van der Waals surface area contributed by atoms with Gasteiger partial charge in [0.05, 0.1) is 13.2 Å². The van der Waals surface area contributed by atoms with Gasteiger partial charge in [-0.05, 0) is 6.42 Å². The molecule has 6 nitrogen and oxygen atoms in total. The Balaban J connectivity index is 2.74. The molecule has 1 heterocycles. The van der Waals surface area contributed by atoms with Crippen molar-refractivity contribution in [3.63, 3.8) is 0 Å². The number of nitrogens with two attached hydrogens (primary N) is 1. The summed E-state index contributed by atoms with van der Waals surface area (Å²) in [6.45, 7) is 1.95. The lowest BCUT2D eigenvalue weighted by Gasteiger charge is -2.10. The van der Waals surface area contributed by atoms with E-state index in [4.69, 9.17) is 22.1 Å². The summed E-state index contributed by atoms with van der Waals surface area (Å²) < 4.78 is 4.91. The lowest BCUT2D eigenvalue weighted by atomic mass is 10.2. The van der Waals surface area contributed by atoms with Gasteiger partial charge in [-0.2, -0.15) is 4.98 Å². The zero-order valence-electron chi connectivity index (χ0n) is 9.74. The van der Waals surface area contributed by atoms with Gasteiger partial charge in [0, 0.05) is 6.07 Å². The van der Waals surface area contributed by atoms with E-state index in [1.807, 2.05) is 6.92 Å². The van der Waals surface area contributed by atoms with Crippen LogP contribution in [0.2, 0.25) is 5.15 Å². The molecule has 17 heavy (non-hydrogen) atoms. The second kappa shape index (κ2) is 6.36. The van der Waals surface area contributed by atoms with E-state index in [0.29, 0.717) is 6.42 Å². The summed E-state index contributed by atoms with van der Waals surface area (Å²) in [6.07, 6.45) is 1.43. The summed E-state index contributed by atoms with van der Waals surface area (Å²) in [5.41, 5.74) is 5.65. The molecule has 0 aliphatic rings. The molecule has 0 aliphatic carbocycles. The second-order valence-electron chi connectivity index (χ2n) is 3.44. The van der Waals surface area contributed by atoms with E-state index < -0.39 is 6.04 Å². The first-order valence-electron chi connectivity index (χ1n) is 5.21. The topological polar surface area (TPSA) is 90.1 Å². The number of nitrogens with one attached hydrogen (secondary N) is 1. The third-order valence-electron chi connectivity index (χ3n) is 2.05. The number of aromatic nitrogens is 2. The van der Waals surface area contributed by atoms with E-state index >= 15 is 0 Å². The van der Waals surface area contributed by atoms with Crippen LogP contribution < -0.4 is 15.8 Å². The number of nitrogens with zero attached hydrogens (tertiary/aromatic N) is 2. The van der Waals surface area contributed by atoms with E-state index in [-0.39, 0.29) is 22.9 Å². The van der Waals surface area contributed by atoms with Crippen molar-refractivity contribution in [1.82, 2.24) is 9.97 Å². The van der Waals surface area contributed by atoms with Gasteiger partial charge in [0.2, 0.25) is 17.7 Å². The minimum atomic E-state index is -0.575. The van der Waals surface area contributed by atoms with Crippen molar-refractivity contribution in [2.24, 2.45) is 5.73 Å². The minimum absolute atomic E-state index is 0.0888. The van der Waals surface area contributed by atoms with E-state index in [2.05, 4.69) is 15.3 Å². The van der Waals surface area contributed by atoms with Gasteiger partial charge in [0.15, 0.2) is 0 Å². The molecular weight excluding hydrogens is 244 g/mol. The highest BCUT2D eigenvalue weighted by Gasteiger charge is 2.14. The van der Waals surface area contributed by atoms with Crippen LogP contribution in [0.15, 0.2) is 6.07 Å². The van der Waals surface area contributed by atoms with Crippen molar-refractivity contribution in [3.05, 3.63) is 11.2 Å². The molecule has 0 bridgehead atoms. The number of carbonyl (C=O) groups is 1. The fourth-order valence-corrected chi connectivity index (χ4v) is 1.38. The first kappa shape index (κ1) is 13.7. The third-order valence-corrected chi connectivity index (χ3v) is 2.25. The zero-order valence-corrected chi connectivity index (χ0v) is 10.5. The SMILES string of the molecule is CCCC(N)C(=O)Nc1nc(Cl)cc(OC)n1. The zero-order chi connectivity index (χ0) is 12.8. The average Bonchev–Trinajstić information content (AvgIpc) is 2.28. The van der Waals surface area contributed by atoms with Gasteiger partial charge in [0.1, 0.15) is 5.15 Å². The van der Waals surface area contributed by atoms with Crippen LogP contribution in [0, 0.1) is 0 Å². The van der Waals surface area contributed by atoms with E-state index in [1.165, 1.54) is 13.2 Å². The van der Waals surface area contributed by atoms with Crippen molar-refractivity contribution in [3.8, 4) is 5.88 Å². The van der Waals surface area contributed by atoms with Crippen molar-refractivity contribution < 1.29 is 9.53 Å². The van der Waals surface area contributed by atoms with Crippen LogP contribution in [0.3, 0.4) is 0 Å². The number of amides is 1. The summed E-state index contributed by atoms with van der Waals surface area (Å²) in [5, 5.41) is 2.68. The first-order chi connectivity index (χ1) is 8.06. The van der Waals surface area contributed by atoms with Crippen molar-refractivity contribution in [2.75, 3.05) is 12.4 Å². The van der Waals surface area contributed by atoms with E-state index in [0.717, 1.165) is 6.42 Å². The number of hydrogen-bond acceptors (Lipinski definition) is 5. The Kier molecular flexibility index (Phi) is 5.11. The lowest BCUT2D eigenvalue weighted by Crippen LogP contribution is -2.35. The Morgan fingerprint density at radius 3 is 2.94 bits per heavy atom. The van der Waals surface area contributed by atoms with E-state index in [9.17, 15) is 4.79 Å². The van der Waals surface area contributed by atoms with Gasteiger partial charge >= 0.3 is 0 Å². The maximum absolute atomic E-state index is 11.6. The fourth-order valence-electron chi connectivity index (χ4n) is 1.20. The van der Waals surface area contributed by atoms with Gasteiger partial charge in [-0.1, -0.05) is 24.9 Å². The highest BCUT2D eigenvalue weighted by atomic mass is 35.5. The smallest absolute Gasteiger partial charge is 0.243 e. The molecule has 1 aromatic rings. The maximum Gasteiger partial charge on any atom is 0.243 e. The predicted octanol–water partition coefficient (Wildman–Crippen LogP) is 1.20. The fraction of sp³-hybridized carbons (Fsp3) is 0.500.